The predicted octanol–water partition coefficient (Wildman–Crippen LogP) is 6.28. The van der Waals surface area contributed by atoms with E-state index in [0.29, 0.717) is 35.9 Å². The molecule has 0 aromatic rings. The zero-order chi connectivity index (χ0) is 24.9. The molecule has 0 aliphatic heterocycles. The van der Waals surface area contributed by atoms with E-state index in [4.69, 9.17) is 4.74 Å². The highest BCUT2D eigenvalue weighted by Gasteiger charge is 2.66. The van der Waals surface area contributed by atoms with Crippen LogP contribution in [0, 0.1) is 46.3 Å². The van der Waals surface area contributed by atoms with E-state index in [9.17, 15) is 14.7 Å². The standard InChI is InChI=1S/C30H46O4/c1-19(9-10-20(2)28(4,5)34-21(3)32)25-12-13-26-22(8-7-15-29(25,26)6)16-24(18-31)30-17-23(30)11-14-27(30)33/h9-10,16,19-20,23-26,31H,7-8,11-15,17-18H2,1-6H3/t19-,20+,23-,24+,25-,26+,29-,30+/m1/s1. The summed E-state index contributed by atoms with van der Waals surface area (Å²) in [5.74, 6) is 2.50. The molecule has 0 unspecified atom stereocenters. The van der Waals surface area contributed by atoms with E-state index in [1.165, 1.54) is 38.2 Å². The van der Waals surface area contributed by atoms with Gasteiger partial charge in [0.1, 0.15) is 11.4 Å². The molecule has 4 fully saturated rings. The van der Waals surface area contributed by atoms with E-state index < -0.39 is 5.60 Å². The van der Waals surface area contributed by atoms with Gasteiger partial charge in [-0.3, -0.25) is 9.59 Å². The number of carbonyl (C=O) groups is 2. The van der Waals surface area contributed by atoms with Gasteiger partial charge in [0.05, 0.1) is 6.61 Å². The van der Waals surface area contributed by atoms with E-state index in [-0.39, 0.29) is 35.2 Å². The summed E-state index contributed by atoms with van der Waals surface area (Å²) in [5.41, 5.74) is 1.05. The Hall–Kier alpha value is -1.42. The van der Waals surface area contributed by atoms with Crippen LogP contribution in [-0.4, -0.2) is 29.1 Å². The van der Waals surface area contributed by atoms with Crippen molar-refractivity contribution in [2.75, 3.05) is 6.61 Å². The van der Waals surface area contributed by atoms with Gasteiger partial charge in [-0.25, -0.2) is 0 Å². The minimum Gasteiger partial charge on any atom is -0.459 e. The number of ketones is 1. The molecule has 4 rings (SSSR count). The molecule has 0 aromatic heterocycles. The fraction of sp³-hybridized carbons (Fsp3) is 0.800. The third-order valence-corrected chi connectivity index (χ3v) is 10.5. The number of allylic oxidation sites excluding steroid dienone is 2. The number of carbonyl (C=O) groups excluding carboxylic acids is 2. The molecule has 4 heteroatoms. The van der Waals surface area contributed by atoms with Crippen molar-refractivity contribution in [3.63, 3.8) is 0 Å². The fourth-order valence-corrected chi connectivity index (χ4v) is 8.19. The molecule has 0 bridgehead atoms. The Labute approximate surface area is 206 Å². The van der Waals surface area contributed by atoms with Gasteiger partial charge in [-0.05, 0) is 87.9 Å². The maximum absolute atomic E-state index is 12.7. The Kier molecular flexibility index (Phi) is 6.96. The number of aliphatic hydroxyl groups is 1. The van der Waals surface area contributed by atoms with Crippen LogP contribution in [0.15, 0.2) is 23.8 Å². The van der Waals surface area contributed by atoms with Crippen LogP contribution in [0.3, 0.4) is 0 Å². The Balaban J connectivity index is 1.48. The summed E-state index contributed by atoms with van der Waals surface area (Å²) in [6.07, 6.45) is 15.7. The predicted molar refractivity (Wildman–Crippen MR) is 135 cm³/mol. The molecule has 0 spiro atoms. The Morgan fingerprint density at radius 3 is 2.53 bits per heavy atom. The molecule has 4 aliphatic rings. The minimum absolute atomic E-state index is 0.0191. The van der Waals surface area contributed by atoms with Crippen molar-refractivity contribution in [3.05, 3.63) is 23.8 Å². The third kappa shape index (κ3) is 4.33. The van der Waals surface area contributed by atoms with Crippen LogP contribution in [0.2, 0.25) is 0 Å². The summed E-state index contributed by atoms with van der Waals surface area (Å²) in [7, 11) is 0. The molecule has 0 heterocycles. The van der Waals surface area contributed by atoms with Gasteiger partial charge in [0.15, 0.2) is 0 Å². The van der Waals surface area contributed by atoms with E-state index in [1.54, 1.807) is 0 Å². The molecule has 0 aromatic carbocycles. The number of fused-ring (bicyclic) bond motifs is 2. The lowest BCUT2D eigenvalue weighted by atomic mass is 9.60. The normalized spacial score (nSPS) is 39.1. The van der Waals surface area contributed by atoms with Crippen molar-refractivity contribution in [3.8, 4) is 0 Å². The highest BCUT2D eigenvalue weighted by atomic mass is 16.6. The van der Waals surface area contributed by atoms with Crippen LogP contribution in [0.5, 0.6) is 0 Å². The van der Waals surface area contributed by atoms with Gasteiger partial charge in [0.25, 0.3) is 0 Å². The summed E-state index contributed by atoms with van der Waals surface area (Å²) < 4.78 is 5.54. The second-order valence-corrected chi connectivity index (χ2v) is 12.8. The van der Waals surface area contributed by atoms with Gasteiger partial charge in [-0.1, -0.05) is 44.6 Å². The third-order valence-electron chi connectivity index (χ3n) is 10.5. The van der Waals surface area contributed by atoms with Crippen molar-refractivity contribution in [2.24, 2.45) is 46.3 Å². The monoisotopic (exact) mass is 470 g/mol. The van der Waals surface area contributed by atoms with Crippen LogP contribution in [0.1, 0.15) is 92.9 Å². The summed E-state index contributed by atoms with van der Waals surface area (Å²) in [5, 5.41) is 10.3. The molecule has 0 radical (unpaired) electrons. The highest BCUT2D eigenvalue weighted by Crippen LogP contribution is 2.67. The van der Waals surface area contributed by atoms with Gasteiger partial charge in [-0.15, -0.1) is 0 Å². The van der Waals surface area contributed by atoms with Crippen molar-refractivity contribution in [1.82, 2.24) is 0 Å². The number of esters is 1. The Morgan fingerprint density at radius 1 is 1.21 bits per heavy atom. The second-order valence-electron chi connectivity index (χ2n) is 12.8. The highest BCUT2D eigenvalue weighted by molar-refractivity contribution is 5.91. The smallest absolute Gasteiger partial charge is 0.303 e. The van der Waals surface area contributed by atoms with E-state index in [0.717, 1.165) is 19.3 Å². The number of aliphatic hydroxyl groups excluding tert-OH is 1. The molecule has 4 nitrogen and oxygen atoms in total. The largest absolute Gasteiger partial charge is 0.459 e. The SMILES string of the molecule is CC(=O)OC(C)(C)[C@@H](C)C=C[C@@H](C)[C@H]1CC[C@H]2C(=C[C@@H](CO)[C@]34C[C@H]3CCC4=O)CCC[C@]12C. The van der Waals surface area contributed by atoms with Crippen molar-refractivity contribution >= 4 is 11.8 Å². The van der Waals surface area contributed by atoms with Crippen LogP contribution < -0.4 is 0 Å². The average molecular weight is 471 g/mol. The summed E-state index contributed by atoms with van der Waals surface area (Å²) >= 11 is 0. The molecule has 0 amide bonds. The van der Waals surface area contributed by atoms with Crippen molar-refractivity contribution in [1.29, 1.82) is 0 Å². The van der Waals surface area contributed by atoms with Crippen LogP contribution >= 0.6 is 0 Å². The molecule has 8 atom stereocenters. The van der Waals surface area contributed by atoms with E-state index in [2.05, 4.69) is 39.0 Å². The lowest BCUT2D eigenvalue weighted by Gasteiger charge is -2.44. The van der Waals surface area contributed by atoms with Gasteiger partial charge in [-0.2, -0.15) is 0 Å². The van der Waals surface area contributed by atoms with Crippen molar-refractivity contribution in [2.45, 2.75) is 98.5 Å². The quantitative estimate of drug-likeness (QED) is 0.335. The second kappa shape index (κ2) is 9.22. The molecule has 34 heavy (non-hydrogen) atoms. The lowest BCUT2D eigenvalue weighted by Crippen LogP contribution is -2.36. The first kappa shape index (κ1) is 25.7. The zero-order valence-corrected chi connectivity index (χ0v) is 22.2. The maximum atomic E-state index is 12.7. The van der Waals surface area contributed by atoms with Crippen LogP contribution in [0.4, 0.5) is 0 Å². The molecule has 190 valence electrons. The lowest BCUT2D eigenvalue weighted by molar-refractivity contribution is -0.156. The number of ether oxygens (including phenoxy) is 1. The number of hydrogen-bond acceptors (Lipinski definition) is 4. The van der Waals surface area contributed by atoms with E-state index >= 15 is 0 Å². The number of rotatable bonds is 8. The summed E-state index contributed by atoms with van der Waals surface area (Å²) in [4.78, 5) is 24.2. The molecule has 4 aliphatic carbocycles. The van der Waals surface area contributed by atoms with Crippen LogP contribution in [0.25, 0.3) is 0 Å². The van der Waals surface area contributed by atoms with Crippen LogP contribution in [-0.2, 0) is 14.3 Å². The number of hydrogen-bond donors (Lipinski definition) is 1. The topological polar surface area (TPSA) is 63.6 Å². The summed E-state index contributed by atoms with van der Waals surface area (Å²) in [6, 6.07) is 0. The van der Waals surface area contributed by atoms with Gasteiger partial charge in [0, 0.05) is 30.6 Å². The summed E-state index contributed by atoms with van der Waals surface area (Å²) in [6.45, 7) is 12.5. The Bertz CT molecular complexity index is 869. The maximum Gasteiger partial charge on any atom is 0.303 e. The average Bonchev–Trinajstić information content (AvgIpc) is 3.26. The minimum atomic E-state index is -0.512. The first-order valence-corrected chi connectivity index (χ1v) is 13.7. The van der Waals surface area contributed by atoms with Gasteiger partial charge < -0.3 is 9.84 Å². The molecular formula is C30H46O4. The number of Topliss-reactive ketones (excluding diaryl/α,β-unsaturated/α-hetero) is 1. The zero-order valence-electron chi connectivity index (χ0n) is 22.2. The molecule has 4 saturated carbocycles. The first-order valence-electron chi connectivity index (χ1n) is 13.7. The first-order chi connectivity index (χ1) is 16.0. The van der Waals surface area contributed by atoms with Crippen molar-refractivity contribution < 1.29 is 19.4 Å². The fourth-order valence-electron chi connectivity index (χ4n) is 8.19. The molecule has 1 N–H and O–H groups in total. The van der Waals surface area contributed by atoms with Gasteiger partial charge in [0.2, 0.25) is 0 Å². The molecular weight excluding hydrogens is 424 g/mol. The Morgan fingerprint density at radius 2 is 1.94 bits per heavy atom. The van der Waals surface area contributed by atoms with E-state index in [1.807, 2.05) is 13.8 Å². The van der Waals surface area contributed by atoms with Gasteiger partial charge >= 0.3 is 5.97 Å². The molecule has 0 saturated heterocycles.